The smallest absolute Gasteiger partial charge is 0.217 e. The van der Waals surface area contributed by atoms with E-state index in [0.717, 1.165) is 12.8 Å². The standard InChI is InChI=1S/C8H11NOS/c9-8(10)3-1-2-7-4-5-11-6-7/h4-6H,1-3H2,(H2,9,10). The van der Waals surface area contributed by atoms with Crippen LogP contribution >= 0.6 is 11.3 Å². The average molecular weight is 169 g/mol. The van der Waals surface area contributed by atoms with Crippen LogP contribution in [0, 0.1) is 0 Å². The average Bonchev–Trinajstić information content (AvgIpc) is 2.39. The minimum Gasteiger partial charge on any atom is -0.370 e. The van der Waals surface area contributed by atoms with E-state index >= 15 is 0 Å². The minimum absolute atomic E-state index is 0.208. The summed E-state index contributed by atoms with van der Waals surface area (Å²) in [7, 11) is 0. The molecule has 2 N–H and O–H groups in total. The first kappa shape index (κ1) is 8.27. The molecule has 0 aliphatic carbocycles. The number of aryl methyl sites for hydroxylation is 1. The summed E-state index contributed by atoms with van der Waals surface area (Å²) in [6.07, 6.45) is 2.33. The lowest BCUT2D eigenvalue weighted by Gasteiger charge is -1.93. The zero-order valence-corrected chi connectivity index (χ0v) is 7.06. The molecule has 0 radical (unpaired) electrons. The van der Waals surface area contributed by atoms with Crippen molar-refractivity contribution in [1.82, 2.24) is 0 Å². The molecule has 0 spiro atoms. The van der Waals surface area contributed by atoms with Crippen molar-refractivity contribution >= 4 is 17.2 Å². The number of rotatable bonds is 4. The van der Waals surface area contributed by atoms with Gasteiger partial charge in [-0.3, -0.25) is 4.79 Å². The third kappa shape index (κ3) is 3.18. The van der Waals surface area contributed by atoms with E-state index in [1.165, 1.54) is 5.56 Å². The first-order valence-electron chi connectivity index (χ1n) is 3.58. The summed E-state index contributed by atoms with van der Waals surface area (Å²) in [6, 6.07) is 2.08. The molecule has 0 saturated carbocycles. The normalized spacial score (nSPS) is 9.82. The van der Waals surface area contributed by atoms with Crippen LogP contribution in [0.1, 0.15) is 18.4 Å². The Balaban J connectivity index is 2.19. The lowest BCUT2D eigenvalue weighted by molar-refractivity contribution is -0.118. The van der Waals surface area contributed by atoms with E-state index < -0.39 is 0 Å². The maximum atomic E-state index is 10.4. The van der Waals surface area contributed by atoms with Crippen LogP contribution in [-0.2, 0) is 11.2 Å². The molecule has 3 heteroatoms. The highest BCUT2D eigenvalue weighted by atomic mass is 32.1. The predicted octanol–water partition coefficient (Wildman–Crippen LogP) is 1.56. The molecule has 1 aromatic rings. The number of carbonyl (C=O) groups excluding carboxylic acids is 1. The molecule has 0 fully saturated rings. The van der Waals surface area contributed by atoms with Crippen LogP contribution in [0.3, 0.4) is 0 Å². The van der Waals surface area contributed by atoms with E-state index in [1.807, 2.05) is 5.38 Å². The Morgan fingerprint density at radius 2 is 2.45 bits per heavy atom. The number of primary amides is 1. The minimum atomic E-state index is -0.208. The molecule has 0 aromatic carbocycles. The summed E-state index contributed by atoms with van der Waals surface area (Å²) in [4.78, 5) is 10.4. The second-order valence-electron chi connectivity index (χ2n) is 2.45. The van der Waals surface area contributed by atoms with Gasteiger partial charge in [0.05, 0.1) is 0 Å². The molecular formula is C8H11NOS. The molecule has 60 valence electrons. The molecule has 1 amide bonds. The lowest BCUT2D eigenvalue weighted by Crippen LogP contribution is -2.09. The Labute approximate surface area is 70.0 Å². The van der Waals surface area contributed by atoms with Crippen LogP contribution in [0.4, 0.5) is 0 Å². The Kier molecular flexibility index (Phi) is 3.11. The van der Waals surface area contributed by atoms with Gasteiger partial charge >= 0.3 is 0 Å². The summed E-state index contributed by atoms with van der Waals surface area (Å²) >= 11 is 1.68. The van der Waals surface area contributed by atoms with Crippen LogP contribution in [0.2, 0.25) is 0 Å². The quantitative estimate of drug-likeness (QED) is 0.730. The second-order valence-corrected chi connectivity index (χ2v) is 3.23. The second kappa shape index (κ2) is 4.13. The Morgan fingerprint density at radius 1 is 1.64 bits per heavy atom. The SMILES string of the molecule is NC(=O)CCCc1ccsc1. The molecule has 1 rings (SSSR count). The Hall–Kier alpha value is -0.830. The van der Waals surface area contributed by atoms with E-state index in [0.29, 0.717) is 6.42 Å². The largest absolute Gasteiger partial charge is 0.370 e. The number of nitrogens with two attached hydrogens (primary N) is 1. The monoisotopic (exact) mass is 169 g/mol. The van der Waals surface area contributed by atoms with Crippen LogP contribution in [-0.4, -0.2) is 5.91 Å². The van der Waals surface area contributed by atoms with Crippen molar-refractivity contribution in [2.24, 2.45) is 5.73 Å². The van der Waals surface area contributed by atoms with Crippen molar-refractivity contribution in [2.75, 3.05) is 0 Å². The van der Waals surface area contributed by atoms with Crippen molar-refractivity contribution < 1.29 is 4.79 Å². The van der Waals surface area contributed by atoms with Crippen LogP contribution in [0.5, 0.6) is 0 Å². The van der Waals surface area contributed by atoms with Crippen molar-refractivity contribution in [1.29, 1.82) is 0 Å². The molecule has 2 nitrogen and oxygen atoms in total. The summed E-state index contributed by atoms with van der Waals surface area (Å²) in [6.45, 7) is 0. The molecule has 0 aliphatic rings. The van der Waals surface area contributed by atoms with E-state index in [-0.39, 0.29) is 5.91 Å². The number of hydrogen-bond donors (Lipinski definition) is 1. The highest BCUT2D eigenvalue weighted by Crippen LogP contribution is 2.08. The van der Waals surface area contributed by atoms with Gasteiger partial charge in [0.1, 0.15) is 0 Å². The molecule has 0 saturated heterocycles. The zero-order valence-electron chi connectivity index (χ0n) is 6.25. The molecule has 1 aromatic heterocycles. The van der Waals surface area contributed by atoms with Crippen molar-refractivity contribution in [3.63, 3.8) is 0 Å². The van der Waals surface area contributed by atoms with Gasteiger partial charge in [-0.2, -0.15) is 11.3 Å². The number of hydrogen-bond acceptors (Lipinski definition) is 2. The maximum Gasteiger partial charge on any atom is 0.217 e. The van der Waals surface area contributed by atoms with Gasteiger partial charge in [-0.1, -0.05) is 0 Å². The first-order chi connectivity index (χ1) is 5.29. The predicted molar refractivity (Wildman–Crippen MR) is 46.5 cm³/mol. The highest BCUT2D eigenvalue weighted by Gasteiger charge is 1.95. The molecule has 0 aliphatic heterocycles. The van der Waals surface area contributed by atoms with Gasteiger partial charge in [0.15, 0.2) is 0 Å². The van der Waals surface area contributed by atoms with Crippen molar-refractivity contribution in [2.45, 2.75) is 19.3 Å². The number of thiophene rings is 1. The number of carbonyl (C=O) groups is 1. The summed E-state index contributed by atoms with van der Waals surface area (Å²) in [5, 5.41) is 4.14. The summed E-state index contributed by atoms with van der Waals surface area (Å²) in [5.74, 6) is -0.208. The van der Waals surface area contributed by atoms with Gasteiger partial charge in [-0.05, 0) is 35.2 Å². The first-order valence-corrected chi connectivity index (χ1v) is 4.52. The van der Waals surface area contributed by atoms with Gasteiger partial charge in [-0.25, -0.2) is 0 Å². The van der Waals surface area contributed by atoms with Crippen molar-refractivity contribution in [3.05, 3.63) is 22.4 Å². The fourth-order valence-electron chi connectivity index (χ4n) is 0.902. The molecule has 0 atom stereocenters. The fourth-order valence-corrected chi connectivity index (χ4v) is 1.60. The Bertz CT molecular complexity index is 218. The van der Waals surface area contributed by atoms with Crippen LogP contribution in [0.25, 0.3) is 0 Å². The third-order valence-electron chi connectivity index (χ3n) is 1.47. The molecule has 1 heterocycles. The van der Waals surface area contributed by atoms with E-state index in [1.54, 1.807) is 11.3 Å². The third-order valence-corrected chi connectivity index (χ3v) is 2.20. The van der Waals surface area contributed by atoms with Gasteiger partial charge in [0.25, 0.3) is 0 Å². The van der Waals surface area contributed by atoms with E-state index in [9.17, 15) is 4.79 Å². The van der Waals surface area contributed by atoms with Gasteiger partial charge in [0, 0.05) is 6.42 Å². The van der Waals surface area contributed by atoms with Crippen LogP contribution in [0.15, 0.2) is 16.8 Å². The molecule has 0 unspecified atom stereocenters. The fraction of sp³-hybridized carbons (Fsp3) is 0.375. The van der Waals surface area contributed by atoms with Crippen LogP contribution < -0.4 is 5.73 Å². The molecule has 11 heavy (non-hydrogen) atoms. The Morgan fingerprint density at radius 3 is 3.00 bits per heavy atom. The highest BCUT2D eigenvalue weighted by molar-refractivity contribution is 7.07. The van der Waals surface area contributed by atoms with Gasteiger partial charge in [-0.15, -0.1) is 0 Å². The molecule has 0 bridgehead atoms. The van der Waals surface area contributed by atoms with Crippen molar-refractivity contribution in [3.8, 4) is 0 Å². The van der Waals surface area contributed by atoms with E-state index in [4.69, 9.17) is 5.73 Å². The summed E-state index contributed by atoms with van der Waals surface area (Å²) in [5.41, 5.74) is 6.30. The lowest BCUT2D eigenvalue weighted by atomic mass is 10.1. The summed E-state index contributed by atoms with van der Waals surface area (Å²) < 4.78 is 0. The number of amides is 1. The zero-order chi connectivity index (χ0) is 8.10. The topological polar surface area (TPSA) is 43.1 Å². The molecular weight excluding hydrogens is 158 g/mol. The van der Waals surface area contributed by atoms with Gasteiger partial charge < -0.3 is 5.73 Å². The van der Waals surface area contributed by atoms with Gasteiger partial charge in [0.2, 0.25) is 5.91 Å². The maximum absolute atomic E-state index is 10.4. The van der Waals surface area contributed by atoms with E-state index in [2.05, 4.69) is 11.4 Å².